The first-order valence-electron chi connectivity index (χ1n) is 4.37. The van der Waals surface area contributed by atoms with Crippen LogP contribution in [0.25, 0.3) is 0 Å². The van der Waals surface area contributed by atoms with Crippen LogP contribution in [0.2, 0.25) is 0 Å². The van der Waals surface area contributed by atoms with Gasteiger partial charge in [-0.05, 0) is 0 Å². The molecule has 0 aromatic rings. The van der Waals surface area contributed by atoms with E-state index in [0.717, 1.165) is 0 Å². The summed E-state index contributed by atoms with van der Waals surface area (Å²) in [5.41, 5.74) is 0. The number of Topliss-reactive ketones (excluding diaryl/α,β-unsaturated/α-hetero) is 1. The third-order valence-corrected chi connectivity index (χ3v) is 1.57. The Labute approximate surface area is 77.9 Å². The lowest BCUT2D eigenvalue weighted by atomic mass is 10.1. The van der Waals surface area contributed by atoms with Crippen molar-refractivity contribution < 1.29 is 19.4 Å². The minimum absolute atomic E-state index is 0.00863. The first-order valence-corrected chi connectivity index (χ1v) is 4.37. The second-order valence-electron chi connectivity index (χ2n) is 3.07. The topological polar surface area (TPSA) is 63.6 Å². The Morgan fingerprint density at radius 2 is 1.92 bits per heavy atom. The zero-order valence-electron chi connectivity index (χ0n) is 8.08. The van der Waals surface area contributed by atoms with E-state index in [1.807, 2.05) is 0 Å². The number of hydrogen-bond donors (Lipinski definition) is 1. The maximum absolute atomic E-state index is 11.1. The van der Waals surface area contributed by atoms with E-state index in [9.17, 15) is 9.59 Å². The van der Waals surface area contributed by atoms with Gasteiger partial charge < -0.3 is 9.84 Å². The predicted molar refractivity (Wildman–Crippen MR) is 47.1 cm³/mol. The van der Waals surface area contributed by atoms with Crippen LogP contribution in [0.1, 0.15) is 26.7 Å². The maximum atomic E-state index is 11.1. The van der Waals surface area contributed by atoms with Crippen molar-refractivity contribution in [1.82, 2.24) is 0 Å². The normalized spacial score (nSPS) is 10.2. The number of carbonyl (C=O) groups excluding carboxylic acids is 2. The molecule has 0 spiro atoms. The predicted octanol–water partition coefficient (Wildman–Crippen LogP) is 0.527. The standard InChI is InChI=1S/C9H16O4/c1-7(2)8(11)3-4-9(12)13-6-5-10/h7,10H,3-6H2,1-2H3. The third kappa shape index (κ3) is 6.28. The number of aliphatic hydroxyl groups is 1. The van der Waals surface area contributed by atoms with Crippen LogP contribution in [-0.4, -0.2) is 30.1 Å². The number of rotatable bonds is 6. The summed E-state index contributed by atoms with van der Waals surface area (Å²) in [6.07, 6.45) is 0.332. The monoisotopic (exact) mass is 188 g/mol. The second kappa shape index (κ2) is 6.60. The quantitative estimate of drug-likeness (QED) is 0.617. The van der Waals surface area contributed by atoms with Crippen molar-refractivity contribution in [3.05, 3.63) is 0 Å². The van der Waals surface area contributed by atoms with E-state index in [0.29, 0.717) is 0 Å². The van der Waals surface area contributed by atoms with Crippen molar-refractivity contribution in [2.24, 2.45) is 5.92 Å². The van der Waals surface area contributed by atoms with Crippen molar-refractivity contribution in [3.8, 4) is 0 Å². The number of carbonyl (C=O) groups is 2. The smallest absolute Gasteiger partial charge is 0.306 e. The van der Waals surface area contributed by atoms with E-state index in [4.69, 9.17) is 5.11 Å². The van der Waals surface area contributed by atoms with Crippen LogP contribution in [0.5, 0.6) is 0 Å². The largest absolute Gasteiger partial charge is 0.463 e. The van der Waals surface area contributed by atoms with Gasteiger partial charge in [0.1, 0.15) is 12.4 Å². The highest BCUT2D eigenvalue weighted by Gasteiger charge is 2.10. The molecule has 0 saturated heterocycles. The fourth-order valence-corrected chi connectivity index (χ4v) is 0.746. The highest BCUT2D eigenvalue weighted by atomic mass is 16.5. The summed E-state index contributed by atoms with van der Waals surface area (Å²) in [6, 6.07) is 0. The molecule has 0 rings (SSSR count). The Morgan fingerprint density at radius 3 is 2.38 bits per heavy atom. The van der Waals surface area contributed by atoms with Crippen molar-refractivity contribution in [3.63, 3.8) is 0 Å². The molecule has 0 bridgehead atoms. The lowest BCUT2D eigenvalue weighted by molar-refractivity contribution is -0.145. The molecule has 0 atom stereocenters. The van der Waals surface area contributed by atoms with Crippen molar-refractivity contribution in [2.45, 2.75) is 26.7 Å². The van der Waals surface area contributed by atoms with Crippen LogP contribution in [0.15, 0.2) is 0 Å². The zero-order valence-corrected chi connectivity index (χ0v) is 8.08. The van der Waals surface area contributed by atoms with Gasteiger partial charge in [-0.1, -0.05) is 13.8 Å². The Bertz CT molecular complexity index is 174. The van der Waals surface area contributed by atoms with E-state index >= 15 is 0 Å². The van der Waals surface area contributed by atoms with Crippen LogP contribution < -0.4 is 0 Å². The summed E-state index contributed by atoms with van der Waals surface area (Å²) >= 11 is 0. The first kappa shape index (κ1) is 12.1. The van der Waals surface area contributed by atoms with Crippen molar-refractivity contribution in [2.75, 3.05) is 13.2 Å². The molecule has 4 heteroatoms. The highest BCUT2D eigenvalue weighted by molar-refractivity contribution is 5.84. The highest BCUT2D eigenvalue weighted by Crippen LogP contribution is 2.02. The van der Waals surface area contributed by atoms with Gasteiger partial charge in [0.2, 0.25) is 0 Å². The molecule has 0 aliphatic carbocycles. The Kier molecular flexibility index (Phi) is 6.14. The van der Waals surface area contributed by atoms with Crippen LogP contribution in [0.4, 0.5) is 0 Å². The molecule has 76 valence electrons. The minimum atomic E-state index is -0.428. The maximum Gasteiger partial charge on any atom is 0.306 e. The number of esters is 1. The third-order valence-electron chi connectivity index (χ3n) is 1.57. The summed E-state index contributed by atoms with van der Waals surface area (Å²) < 4.78 is 4.58. The van der Waals surface area contributed by atoms with Crippen LogP contribution in [0, 0.1) is 5.92 Å². The number of hydrogen-bond acceptors (Lipinski definition) is 4. The molecule has 0 aliphatic heterocycles. The van der Waals surface area contributed by atoms with Crippen LogP contribution >= 0.6 is 0 Å². The van der Waals surface area contributed by atoms with Crippen LogP contribution in [0.3, 0.4) is 0 Å². The summed E-state index contributed by atoms with van der Waals surface area (Å²) in [5.74, 6) is -0.408. The molecule has 0 aromatic carbocycles. The molecule has 0 radical (unpaired) electrons. The molecule has 0 saturated carbocycles. The molecule has 0 aliphatic rings. The van der Waals surface area contributed by atoms with Gasteiger partial charge in [-0.2, -0.15) is 0 Å². The Morgan fingerprint density at radius 1 is 1.31 bits per heavy atom. The summed E-state index contributed by atoms with van der Waals surface area (Å²) in [4.78, 5) is 21.9. The molecule has 4 nitrogen and oxygen atoms in total. The zero-order chi connectivity index (χ0) is 10.3. The van der Waals surface area contributed by atoms with E-state index in [2.05, 4.69) is 4.74 Å². The van der Waals surface area contributed by atoms with Crippen molar-refractivity contribution >= 4 is 11.8 Å². The van der Waals surface area contributed by atoms with E-state index in [-0.39, 0.29) is 37.8 Å². The lowest BCUT2D eigenvalue weighted by Crippen LogP contribution is -2.13. The number of aliphatic hydroxyl groups excluding tert-OH is 1. The molecular formula is C9H16O4. The average molecular weight is 188 g/mol. The average Bonchev–Trinajstić information content (AvgIpc) is 2.10. The van der Waals surface area contributed by atoms with Gasteiger partial charge in [-0.25, -0.2) is 0 Å². The van der Waals surface area contributed by atoms with Gasteiger partial charge in [-0.3, -0.25) is 9.59 Å². The molecule has 0 unspecified atom stereocenters. The summed E-state index contributed by atoms with van der Waals surface area (Å²) in [7, 11) is 0. The number of ether oxygens (including phenoxy) is 1. The van der Waals surface area contributed by atoms with E-state index < -0.39 is 5.97 Å². The number of ketones is 1. The van der Waals surface area contributed by atoms with E-state index in [1.165, 1.54) is 0 Å². The molecule has 0 amide bonds. The summed E-state index contributed by atoms with van der Waals surface area (Å²) in [5, 5.41) is 8.34. The lowest BCUT2D eigenvalue weighted by Gasteiger charge is -2.03. The fourth-order valence-electron chi connectivity index (χ4n) is 0.746. The van der Waals surface area contributed by atoms with Gasteiger partial charge in [0, 0.05) is 12.3 Å². The molecule has 1 N–H and O–H groups in total. The summed E-state index contributed by atoms with van der Waals surface area (Å²) in [6.45, 7) is 3.42. The first-order chi connectivity index (χ1) is 6.07. The van der Waals surface area contributed by atoms with E-state index in [1.54, 1.807) is 13.8 Å². The van der Waals surface area contributed by atoms with Gasteiger partial charge >= 0.3 is 5.97 Å². The second-order valence-corrected chi connectivity index (χ2v) is 3.07. The fraction of sp³-hybridized carbons (Fsp3) is 0.778. The molecular weight excluding hydrogens is 172 g/mol. The molecule has 0 aromatic heterocycles. The van der Waals surface area contributed by atoms with Gasteiger partial charge in [0.05, 0.1) is 13.0 Å². The van der Waals surface area contributed by atoms with Crippen LogP contribution in [-0.2, 0) is 14.3 Å². The SMILES string of the molecule is CC(C)C(=O)CCC(=O)OCCO. The van der Waals surface area contributed by atoms with Gasteiger partial charge in [-0.15, -0.1) is 0 Å². The minimum Gasteiger partial charge on any atom is -0.463 e. The van der Waals surface area contributed by atoms with Gasteiger partial charge in [0.25, 0.3) is 0 Å². The molecule has 13 heavy (non-hydrogen) atoms. The Hall–Kier alpha value is -0.900. The van der Waals surface area contributed by atoms with Crippen molar-refractivity contribution in [1.29, 1.82) is 0 Å². The Balaban J connectivity index is 3.52. The van der Waals surface area contributed by atoms with Gasteiger partial charge in [0.15, 0.2) is 0 Å². The molecule has 0 fully saturated rings. The molecule has 0 heterocycles.